The number of fused-ring (bicyclic) bond motifs is 6. The van der Waals surface area contributed by atoms with Gasteiger partial charge in [-0.2, -0.15) is 0 Å². The lowest BCUT2D eigenvalue weighted by molar-refractivity contribution is -0.158. The molecule has 4 aromatic rings. The number of hydrogen-bond donors (Lipinski definition) is 0. The first kappa shape index (κ1) is 25.9. The second-order valence-corrected chi connectivity index (χ2v) is 11.0. The van der Waals surface area contributed by atoms with Gasteiger partial charge in [0.25, 0.3) is 5.56 Å². The number of carbonyl (C=O) groups excluding carboxylic acids is 1. The van der Waals surface area contributed by atoms with Gasteiger partial charge < -0.3 is 18.9 Å². The normalized spacial score (nSPS) is 20.9. The molecule has 2 aliphatic heterocycles. The summed E-state index contributed by atoms with van der Waals surface area (Å²) in [5, 5.41) is 0. The average Bonchev–Trinajstić information content (AvgIpc) is 3.24. The van der Waals surface area contributed by atoms with Crippen molar-refractivity contribution in [1.29, 1.82) is 0 Å². The Bertz CT molecular complexity index is 1810. The van der Waals surface area contributed by atoms with Gasteiger partial charge in [0.1, 0.15) is 29.8 Å². The Hall–Kier alpha value is -4.37. The molecule has 0 radical (unpaired) electrons. The first-order valence-corrected chi connectivity index (χ1v) is 13.7. The van der Waals surface area contributed by atoms with E-state index < -0.39 is 23.7 Å². The van der Waals surface area contributed by atoms with Crippen LogP contribution in [0.15, 0.2) is 76.5 Å². The summed E-state index contributed by atoms with van der Waals surface area (Å²) in [6.07, 6.45) is 1.83. The number of rotatable bonds is 6. The number of benzene rings is 3. The number of hydrogen-bond acceptors (Lipinski definition) is 8. The third kappa shape index (κ3) is 4.26. The summed E-state index contributed by atoms with van der Waals surface area (Å²) in [6, 6.07) is 20.4. The monoisotopic (exact) mass is 556 g/mol. The van der Waals surface area contributed by atoms with Crippen LogP contribution in [-0.4, -0.2) is 30.5 Å². The number of thiazole rings is 1. The molecule has 3 aromatic carbocycles. The molecular formula is C31H28N2O6S. The highest BCUT2D eigenvalue weighted by Crippen LogP contribution is 2.47. The van der Waals surface area contributed by atoms with Crippen LogP contribution in [0.5, 0.6) is 17.2 Å². The minimum Gasteiger partial charge on any atom is -0.496 e. The van der Waals surface area contributed by atoms with Gasteiger partial charge in [0.05, 0.1) is 24.8 Å². The van der Waals surface area contributed by atoms with Crippen molar-refractivity contribution in [2.75, 3.05) is 14.2 Å². The van der Waals surface area contributed by atoms with Gasteiger partial charge in [0.15, 0.2) is 4.80 Å². The number of carbonyl (C=O) groups is 1. The van der Waals surface area contributed by atoms with E-state index in [1.807, 2.05) is 79.7 Å². The zero-order valence-corrected chi connectivity index (χ0v) is 23.4. The molecule has 8 nitrogen and oxygen atoms in total. The maximum absolute atomic E-state index is 13.9. The number of aryl methyl sites for hydroxylation is 1. The Morgan fingerprint density at radius 3 is 2.65 bits per heavy atom. The molecule has 0 amide bonds. The van der Waals surface area contributed by atoms with Crippen molar-refractivity contribution in [3.05, 3.63) is 109 Å². The summed E-state index contributed by atoms with van der Waals surface area (Å²) in [5.41, 5.74) is 2.02. The van der Waals surface area contributed by atoms with Crippen molar-refractivity contribution in [3.8, 4) is 17.2 Å². The minimum atomic E-state index is -1.21. The van der Waals surface area contributed by atoms with Gasteiger partial charge in [-0.15, -0.1) is 0 Å². The van der Waals surface area contributed by atoms with Crippen LogP contribution in [0, 0.1) is 12.8 Å². The summed E-state index contributed by atoms with van der Waals surface area (Å²) >= 11 is 1.27. The maximum Gasteiger partial charge on any atom is 0.317 e. The third-order valence-electron chi connectivity index (χ3n) is 7.41. The van der Waals surface area contributed by atoms with Crippen LogP contribution in [0.4, 0.5) is 0 Å². The molecule has 2 aliphatic rings. The number of para-hydroxylation sites is 2. The van der Waals surface area contributed by atoms with E-state index in [-0.39, 0.29) is 5.56 Å². The third-order valence-corrected chi connectivity index (χ3v) is 8.40. The highest BCUT2D eigenvalue weighted by Gasteiger charge is 2.55. The molecule has 0 fully saturated rings. The molecule has 3 atom stereocenters. The van der Waals surface area contributed by atoms with Crippen LogP contribution in [0.3, 0.4) is 0 Å². The topological polar surface area (TPSA) is 88.4 Å². The fraction of sp³-hybridized carbons (Fsp3) is 0.258. The van der Waals surface area contributed by atoms with E-state index in [0.29, 0.717) is 27.4 Å². The van der Waals surface area contributed by atoms with Crippen LogP contribution in [0.1, 0.15) is 35.2 Å². The SMILES string of the molecule is COC(=O)[C@H]1[C@@H]2c3ccccc3O[C@@]1(C)N=c1s/c(=C/c3ccc(OC)c(COc4ccccc4C)c3)c(=O)n12. The molecule has 2 bridgehead atoms. The summed E-state index contributed by atoms with van der Waals surface area (Å²) in [7, 11) is 2.95. The second-order valence-electron chi connectivity index (χ2n) is 9.95. The van der Waals surface area contributed by atoms with Crippen molar-refractivity contribution in [1.82, 2.24) is 4.57 Å². The highest BCUT2D eigenvalue weighted by atomic mass is 32.1. The van der Waals surface area contributed by atoms with Crippen LogP contribution in [-0.2, 0) is 16.1 Å². The Morgan fingerprint density at radius 1 is 1.10 bits per heavy atom. The second kappa shape index (κ2) is 9.98. The summed E-state index contributed by atoms with van der Waals surface area (Å²) in [4.78, 5) is 32.2. The van der Waals surface area contributed by atoms with Crippen molar-refractivity contribution < 1.29 is 23.7 Å². The van der Waals surface area contributed by atoms with Crippen molar-refractivity contribution >= 4 is 23.4 Å². The van der Waals surface area contributed by atoms with E-state index in [1.54, 1.807) is 18.6 Å². The van der Waals surface area contributed by atoms with Crippen LogP contribution in [0.2, 0.25) is 0 Å². The van der Waals surface area contributed by atoms with E-state index in [4.69, 9.17) is 23.9 Å². The highest BCUT2D eigenvalue weighted by molar-refractivity contribution is 7.07. The van der Waals surface area contributed by atoms with E-state index in [2.05, 4.69) is 0 Å². The Labute approximate surface area is 234 Å². The van der Waals surface area contributed by atoms with Crippen LogP contribution >= 0.6 is 11.3 Å². The van der Waals surface area contributed by atoms with E-state index in [0.717, 1.165) is 28.0 Å². The molecule has 1 aromatic heterocycles. The van der Waals surface area contributed by atoms with Crippen molar-refractivity contribution in [2.45, 2.75) is 32.2 Å². The molecule has 9 heteroatoms. The molecule has 6 rings (SSSR count). The van der Waals surface area contributed by atoms with E-state index in [1.165, 1.54) is 18.4 Å². The van der Waals surface area contributed by atoms with Crippen molar-refractivity contribution in [2.24, 2.45) is 10.9 Å². The lowest BCUT2D eigenvalue weighted by atomic mass is 9.81. The van der Waals surface area contributed by atoms with Gasteiger partial charge in [0, 0.05) is 11.1 Å². The van der Waals surface area contributed by atoms with Gasteiger partial charge in [-0.25, -0.2) is 4.99 Å². The lowest BCUT2D eigenvalue weighted by Crippen LogP contribution is -2.58. The van der Waals surface area contributed by atoms with Gasteiger partial charge in [-0.1, -0.05) is 53.8 Å². The van der Waals surface area contributed by atoms with E-state index >= 15 is 0 Å². The number of esters is 1. The lowest BCUT2D eigenvalue weighted by Gasteiger charge is -2.44. The van der Waals surface area contributed by atoms with Gasteiger partial charge in [0.2, 0.25) is 5.72 Å². The molecule has 0 N–H and O–H groups in total. The quantitative estimate of drug-likeness (QED) is 0.336. The molecule has 3 heterocycles. The average molecular weight is 557 g/mol. The summed E-state index contributed by atoms with van der Waals surface area (Å²) in [6.45, 7) is 4.07. The fourth-order valence-electron chi connectivity index (χ4n) is 5.46. The number of aromatic nitrogens is 1. The van der Waals surface area contributed by atoms with Crippen LogP contribution < -0.4 is 29.1 Å². The predicted octanol–water partition coefficient (Wildman–Crippen LogP) is 3.76. The first-order valence-electron chi connectivity index (χ1n) is 12.9. The van der Waals surface area contributed by atoms with Crippen molar-refractivity contribution in [3.63, 3.8) is 0 Å². The first-order chi connectivity index (χ1) is 19.3. The molecule has 40 heavy (non-hydrogen) atoms. The summed E-state index contributed by atoms with van der Waals surface area (Å²) in [5.74, 6) is 0.799. The number of ether oxygens (including phenoxy) is 4. The molecule has 0 saturated heterocycles. The molecule has 0 aliphatic carbocycles. The standard InChI is InChI=1S/C31H28N2O6S/c1-18-9-5-7-11-22(18)38-17-20-15-19(13-14-23(20)36-3)16-25-28(34)33-27-21-10-6-8-12-24(21)39-31(2,32-30(33)40-25)26(27)29(35)37-4/h5-16,26-27H,17H2,1-4H3/b25-16+/t26-,27+,31-/m1/s1. The zero-order chi connectivity index (χ0) is 28.0. The largest absolute Gasteiger partial charge is 0.496 e. The predicted molar refractivity (Wildman–Crippen MR) is 151 cm³/mol. The van der Waals surface area contributed by atoms with E-state index in [9.17, 15) is 9.59 Å². The molecule has 204 valence electrons. The van der Waals surface area contributed by atoms with Gasteiger partial charge in [-0.3, -0.25) is 14.2 Å². The molecular weight excluding hydrogens is 528 g/mol. The number of methoxy groups -OCH3 is 2. The van der Waals surface area contributed by atoms with Gasteiger partial charge >= 0.3 is 5.97 Å². The van der Waals surface area contributed by atoms with Crippen LogP contribution in [0.25, 0.3) is 6.08 Å². The summed E-state index contributed by atoms with van der Waals surface area (Å²) < 4.78 is 25.1. The Kier molecular flexibility index (Phi) is 6.46. The smallest absolute Gasteiger partial charge is 0.317 e. The maximum atomic E-state index is 13.9. The number of nitrogens with zero attached hydrogens (tertiary/aromatic N) is 2. The Morgan fingerprint density at radius 2 is 1.88 bits per heavy atom. The minimum absolute atomic E-state index is 0.227. The Balaban J connectivity index is 1.44. The molecule has 0 spiro atoms. The van der Waals surface area contributed by atoms with Gasteiger partial charge in [-0.05, 0) is 55.3 Å². The zero-order valence-electron chi connectivity index (χ0n) is 22.5. The fourth-order valence-corrected chi connectivity index (χ4v) is 6.56. The molecule has 0 unspecified atom stereocenters. The molecule has 0 saturated carbocycles.